The van der Waals surface area contributed by atoms with Crippen molar-refractivity contribution in [3.05, 3.63) is 17.7 Å². The lowest BCUT2D eigenvalue weighted by atomic mass is 9.78. The van der Waals surface area contributed by atoms with Crippen molar-refractivity contribution in [1.29, 1.82) is 0 Å². The molecule has 1 aliphatic carbocycles. The average Bonchev–Trinajstić information content (AvgIpc) is 2.98. The summed E-state index contributed by atoms with van der Waals surface area (Å²) in [7, 11) is 5.01. The molecular weight excluding hydrogens is 328 g/mol. The Morgan fingerprint density at radius 3 is 2.29 bits per heavy atom. The van der Waals surface area contributed by atoms with Crippen LogP contribution in [0.5, 0.6) is 17.2 Å². The molecule has 2 aliphatic rings. The van der Waals surface area contributed by atoms with Gasteiger partial charge in [0.05, 0.1) is 21.3 Å². The molecule has 1 saturated heterocycles. The van der Waals surface area contributed by atoms with Crippen LogP contribution in [-0.2, 0) is 6.54 Å². The van der Waals surface area contributed by atoms with E-state index in [0.29, 0.717) is 17.7 Å². The lowest BCUT2D eigenvalue weighted by molar-refractivity contribution is 0.259. The van der Waals surface area contributed by atoms with Crippen molar-refractivity contribution in [3.8, 4) is 17.2 Å². The van der Waals surface area contributed by atoms with Gasteiger partial charge in [-0.2, -0.15) is 0 Å². The molecule has 0 radical (unpaired) electrons. The van der Waals surface area contributed by atoms with Crippen molar-refractivity contribution in [1.82, 2.24) is 4.90 Å². The van der Waals surface area contributed by atoms with E-state index in [-0.39, 0.29) is 12.4 Å². The van der Waals surface area contributed by atoms with Crippen LogP contribution in [0.25, 0.3) is 0 Å². The second kappa shape index (κ2) is 8.28. The normalized spacial score (nSPS) is 26.4. The molecule has 0 spiro atoms. The van der Waals surface area contributed by atoms with Crippen molar-refractivity contribution in [2.45, 2.75) is 31.8 Å². The highest BCUT2D eigenvalue weighted by Gasteiger charge is 2.38. The van der Waals surface area contributed by atoms with Crippen LogP contribution < -0.4 is 19.9 Å². The Bertz CT molecular complexity index is 555. The van der Waals surface area contributed by atoms with Crippen LogP contribution in [0.2, 0.25) is 0 Å². The topological polar surface area (TPSA) is 57.0 Å². The number of benzene rings is 1. The summed E-state index contributed by atoms with van der Waals surface area (Å²) >= 11 is 0. The monoisotopic (exact) mass is 356 g/mol. The minimum absolute atomic E-state index is 0. The Balaban J connectivity index is 0.00000208. The predicted molar refractivity (Wildman–Crippen MR) is 97.4 cm³/mol. The van der Waals surface area contributed by atoms with Gasteiger partial charge in [0.1, 0.15) is 5.75 Å². The Morgan fingerprint density at radius 2 is 1.67 bits per heavy atom. The van der Waals surface area contributed by atoms with Gasteiger partial charge in [-0.3, -0.25) is 4.90 Å². The largest absolute Gasteiger partial charge is 0.496 e. The fourth-order valence-corrected chi connectivity index (χ4v) is 4.19. The minimum Gasteiger partial charge on any atom is -0.496 e. The van der Waals surface area contributed by atoms with Crippen LogP contribution >= 0.6 is 12.4 Å². The van der Waals surface area contributed by atoms with Gasteiger partial charge in [-0.15, -0.1) is 12.4 Å². The second-order valence-electron chi connectivity index (χ2n) is 6.73. The van der Waals surface area contributed by atoms with Crippen molar-refractivity contribution in [2.24, 2.45) is 17.6 Å². The quantitative estimate of drug-likeness (QED) is 0.879. The lowest BCUT2D eigenvalue weighted by Crippen LogP contribution is -2.38. The predicted octanol–water partition coefficient (Wildman–Crippen LogP) is 2.69. The van der Waals surface area contributed by atoms with E-state index in [1.54, 1.807) is 21.3 Å². The molecule has 6 heteroatoms. The highest BCUT2D eigenvalue weighted by molar-refractivity contribution is 5.85. The summed E-state index contributed by atoms with van der Waals surface area (Å²) < 4.78 is 16.3. The van der Waals surface area contributed by atoms with Crippen molar-refractivity contribution in [3.63, 3.8) is 0 Å². The number of methoxy groups -OCH3 is 3. The third kappa shape index (κ3) is 3.73. The zero-order valence-electron chi connectivity index (χ0n) is 14.8. The summed E-state index contributed by atoms with van der Waals surface area (Å²) in [5.41, 5.74) is 7.46. The van der Waals surface area contributed by atoms with Gasteiger partial charge >= 0.3 is 0 Å². The second-order valence-corrected chi connectivity index (χ2v) is 6.73. The maximum Gasteiger partial charge on any atom is 0.164 e. The highest BCUT2D eigenvalue weighted by atomic mass is 35.5. The van der Waals surface area contributed by atoms with Crippen molar-refractivity contribution < 1.29 is 14.2 Å². The number of fused-ring (bicyclic) bond motifs is 1. The molecule has 5 nitrogen and oxygen atoms in total. The van der Waals surface area contributed by atoms with E-state index in [0.717, 1.165) is 42.6 Å². The Morgan fingerprint density at radius 1 is 1.00 bits per heavy atom. The molecule has 2 N–H and O–H groups in total. The molecule has 136 valence electrons. The molecule has 0 bridgehead atoms. The lowest BCUT2D eigenvalue weighted by Gasteiger charge is -2.29. The molecule has 1 heterocycles. The average molecular weight is 357 g/mol. The van der Waals surface area contributed by atoms with Crippen LogP contribution in [0.4, 0.5) is 0 Å². The third-order valence-corrected chi connectivity index (χ3v) is 5.41. The molecule has 3 unspecified atom stereocenters. The summed E-state index contributed by atoms with van der Waals surface area (Å²) in [6.45, 7) is 3.09. The maximum atomic E-state index is 6.33. The minimum atomic E-state index is 0. The highest BCUT2D eigenvalue weighted by Crippen LogP contribution is 2.39. The molecular formula is C18H29ClN2O3. The smallest absolute Gasteiger partial charge is 0.164 e. The van der Waals surface area contributed by atoms with Gasteiger partial charge in [0, 0.05) is 37.3 Å². The molecule has 3 atom stereocenters. The molecule has 24 heavy (non-hydrogen) atoms. The maximum absolute atomic E-state index is 6.33. The molecule has 0 aromatic heterocycles. The van der Waals surface area contributed by atoms with Gasteiger partial charge in [0.2, 0.25) is 0 Å². The van der Waals surface area contributed by atoms with E-state index >= 15 is 0 Å². The molecule has 3 rings (SSSR count). The first kappa shape index (κ1) is 19.2. The third-order valence-electron chi connectivity index (χ3n) is 5.41. The first-order valence-electron chi connectivity index (χ1n) is 8.43. The summed E-state index contributed by atoms with van der Waals surface area (Å²) in [5, 5.41) is 0. The van der Waals surface area contributed by atoms with E-state index in [4.69, 9.17) is 19.9 Å². The van der Waals surface area contributed by atoms with E-state index in [2.05, 4.69) is 4.90 Å². The standard InChI is InChI=1S/C18H28N2O3.ClH/c1-21-16-8-18(23-3)17(22-2)7-13(16)10-20-9-12-5-4-6-15(19)14(12)11-20;/h7-8,12,14-15H,4-6,9-11,19H2,1-3H3;1H. The SMILES string of the molecule is COc1cc(OC)c(OC)cc1CN1CC2CCCC(N)C2C1.Cl. The zero-order chi connectivity index (χ0) is 16.4. The summed E-state index contributed by atoms with van der Waals surface area (Å²) in [6.07, 6.45) is 3.77. The summed E-state index contributed by atoms with van der Waals surface area (Å²) in [4.78, 5) is 2.50. The molecule has 1 aromatic rings. The fraction of sp³-hybridized carbons (Fsp3) is 0.667. The molecule has 0 amide bonds. The van der Waals surface area contributed by atoms with E-state index in [1.165, 1.54) is 19.3 Å². The summed E-state index contributed by atoms with van der Waals surface area (Å²) in [5.74, 6) is 3.70. The van der Waals surface area contributed by atoms with Crippen LogP contribution in [0.15, 0.2) is 12.1 Å². The fourth-order valence-electron chi connectivity index (χ4n) is 4.19. The van der Waals surface area contributed by atoms with Crippen LogP contribution in [0.3, 0.4) is 0 Å². The zero-order valence-corrected chi connectivity index (χ0v) is 15.6. The van der Waals surface area contributed by atoms with Gasteiger partial charge in [-0.1, -0.05) is 6.42 Å². The number of nitrogens with zero attached hydrogens (tertiary/aromatic N) is 1. The Hall–Kier alpha value is -1.17. The number of ether oxygens (including phenoxy) is 3. The van der Waals surface area contributed by atoms with E-state index < -0.39 is 0 Å². The number of hydrogen-bond donors (Lipinski definition) is 1. The first-order valence-corrected chi connectivity index (χ1v) is 8.43. The van der Waals surface area contributed by atoms with Crippen LogP contribution in [0, 0.1) is 11.8 Å². The molecule has 2 fully saturated rings. The molecule has 1 saturated carbocycles. The van der Waals surface area contributed by atoms with Gasteiger partial charge in [-0.05, 0) is 30.7 Å². The van der Waals surface area contributed by atoms with Gasteiger partial charge in [0.25, 0.3) is 0 Å². The van der Waals surface area contributed by atoms with Crippen molar-refractivity contribution >= 4 is 12.4 Å². The number of hydrogen-bond acceptors (Lipinski definition) is 5. The Labute approximate surface area is 150 Å². The number of likely N-dealkylation sites (tertiary alicyclic amines) is 1. The molecule has 1 aromatic carbocycles. The Kier molecular flexibility index (Phi) is 6.61. The number of nitrogens with two attached hydrogens (primary N) is 1. The van der Waals surface area contributed by atoms with E-state index in [9.17, 15) is 0 Å². The van der Waals surface area contributed by atoms with Gasteiger partial charge < -0.3 is 19.9 Å². The van der Waals surface area contributed by atoms with E-state index in [1.807, 2.05) is 12.1 Å². The molecule has 1 aliphatic heterocycles. The van der Waals surface area contributed by atoms with Crippen LogP contribution in [0.1, 0.15) is 24.8 Å². The summed E-state index contributed by atoms with van der Waals surface area (Å²) in [6, 6.07) is 4.30. The van der Waals surface area contributed by atoms with Gasteiger partial charge in [0.15, 0.2) is 11.5 Å². The van der Waals surface area contributed by atoms with Crippen LogP contribution in [-0.4, -0.2) is 45.4 Å². The van der Waals surface area contributed by atoms with Gasteiger partial charge in [-0.25, -0.2) is 0 Å². The van der Waals surface area contributed by atoms with Crippen molar-refractivity contribution in [2.75, 3.05) is 34.4 Å². The first-order chi connectivity index (χ1) is 11.2. The number of rotatable bonds is 5. The number of halogens is 1.